The van der Waals surface area contributed by atoms with Crippen LogP contribution in [0.4, 0.5) is 0 Å². The molecule has 1 aliphatic heterocycles. The van der Waals surface area contributed by atoms with Gasteiger partial charge in [0.2, 0.25) is 15.9 Å². The Labute approximate surface area is 165 Å². The van der Waals surface area contributed by atoms with Crippen LogP contribution in [0.15, 0.2) is 53.3 Å². The molecular weight excluding hydrogens is 380 g/mol. The molecule has 7 heteroatoms. The van der Waals surface area contributed by atoms with Crippen molar-refractivity contribution >= 4 is 33.3 Å². The third-order valence-corrected chi connectivity index (χ3v) is 7.08. The third kappa shape index (κ3) is 5.76. The summed E-state index contributed by atoms with van der Waals surface area (Å²) in [5.74, 6) is 0.114. The highest BCUT2D eigenvalue weighted by Gasteiger charge is 2.27. The highest BCUT2D eigenvalue weighted by Crippen LogP contribution is 2.15. The average Bonchev–Trinajstić information content (AvgIpc) is 3.21. The Balaban J connectivity index is 1.46. The number of carbonyl (C=O) groups excluding carboxylic acids is 1. The molecule has 1 aromatic carbocycles. The monoisotopic (exact) mass is 404 g/mol. The summed E-state index contributed by atoms with van der Waals surface area (Å²) >= 11 is 1.71. The molecule has 0 N–H and O–H groups in total. The molecule has 0 radical (unpaired) electrons. The Morgan fingerprint density at radius 1 is 1.04 bits per heavy atom. The topological polar surface area (TPSA) is 57.7 Å². The maximum Gasteiger partial charge on any atom is 0.236 e. The Morgan fingerprint density at radius 3 is 2.44 bits per heavy atom. The first-order chi connectivity index (χ1) is 13.0. The van der Waals surface area contributed by atoms with Crippen LogP contribution in [0, 0.1) is 0 Å². The van der Waals surface area contributed by atoms with E-state index < -0.39 is 10.0 Å². The minimum atomic E-state index is -3.46. The largest absolute Gasteiger partial charge is 0.340 e. The van der Waals surface area contributed by atoms with Crippen molar-refractivity contribution in [2.45, 2.75) is 19.3 Å². The molecule has 1 saturated heterocycles. The van der Waals surface area contributed by atoms with E-state index >= 15 is 0 Å². The average molecular weight is 405 g/mol. The number of carbonyl (C=O) groups is 1. The first kappa shape index (κ1) is 19.8. The highest BCUT2D eigenvalue weighted by atomic mass is 32.2. The van der Waals surface area contributed by atoms with Gasteiger partial charge in [-0.2, -0.15) is 4.31 Å². The smallest absolute Gasteiger partial charge is 0.236 e. The van der Waals surface area contributed by atoms with Gasteiger partial charge in [0.25, 0.3) is 0 Å². The molecule has 1 fully saturated rings. The zero-order valence-electron chi connectivity index (χ0n) is 15.2. The fourth-order valence-electron chi connectivity index (χ4n) is 3.03. The fraction of sp³-hybridized carbons (Fsp3) is 0.350. The van der Waals surface area contributed by atoms with Gasteiger partial charge in [0.1, 0.15) is 0 Å². The van der Waals surface area contributed by atoms with Crippen LogP contribution in [0.3, 0.4) is 0 Å². The normalized spacial score (nSPS) is 16.1. The van der Waals surface area contributed by atoms with E-state index in [1.165, 1.54) is 14.6 Å². The molecule has 0 aliphatic carbocycles. The van der Waals surface area contributed by atoms with Gasteiger partial charge in [0.05, 0.1) is 0 Å². The summed E-state index contributed by atoms with van der Waals surface area (Å²) in [6.45, 7) is 1.60. The van der Waals surface area contributed by atoms with Crippen molar-refractivity contribution in [1.29, 1.82) is 0 Å². The fourth-order valence-corrected chi connectivity index (χ4v) is 4.96. The van der Waals surface area contributed by atoms with Crippen LogP contribution in [0.1, 0.15) is 23.3 Å². The number of nitrogens with zero attached hydrogens (tertiary/aromatic N) is 2. The first-order valence-electron chi connectivity index (χ1n) is 9.08. The first-order valence-corrected chi connectivity index (χ1v) is 11.5. The summed E-state index contributed by atoms with van der Waals surface area (Å²) in [5.41, 5.74) is 0.848. The van der Waals surface area contributed by atoms with Gasteiger partial charge >= 0.3 is 0 Å². The van der Waals surface area contributed by atoms with Crippen molar-refractivity contribution in [3.05, 3.63) is 63.7 Å². The third-order valence-electron chi connectivity index (χ3n) is 4.58. The maximum absolute atomic E-state index is 12.5. The number of rotatable bonds is 7. The molecule has 27 heavy (non-hydrogen) atoms. The van der Waals surface area contributed by atoms with Gasteiger partial charge in [0.15, 0.2) is 0 Å². The second kappa shape index (κ2) is 9.30. The standard InChI is InChI=1S/C20H24N2O3S2/c23-20(10-4-8-19-9-5-16-26-19)21-12-14-22(15-13-21)27(24,25)17-11-18-6-2-1-3-7-18/h1-3,5-7,9,11,16-17H,4,8,10,12-15H2/b17-11+. The number of sulfonamides is 1. The molecule has 1 aliphatic rings. The Morgan fingerprint density at radius 2 is 1.78 bits per heavy atom. The molecule has 2 aromatic rings. The molecule has 0 saturated carbocycles. The molecule has 1 aromatic heterocycles. The van der Waals surface area contributed by atoms with Crippen LogP contribution in [0.2, 0.25) is 0 Å². The SMILES string of the molecule is O=C(CCCc1cccs1)N1CCN(S(=O)(=O)/C=C/c2ccccc2)CC1. The lowest BCUT2D eigenvalue weighted by molar-refractivity contribution is -0.132. The molecular formula is C20H24N2O3S2. The molecule has 0 bridgehead atoms. The number of thiophene rings is 1. The van der Waals surface area contributed by atoms with Crippen LogP contribution in [-0.4, -0.2) is 49.7 Å². The van der Waals surface area contributed by atoms with E-state index in [9.17, 15) is 13.2 Å². The van der Waals surface area contributed by atoms with Crippen molar-refractivity contribution in [3.8, 4) is 0 Å². The van der Waals surface area contributed by atoms with E-state index in [1.54, 1.807) is 22.3 Å². The van der Waals surface area contributed by atoms with Gasteiger partial charge in [-0.25, -0.2) is 8.42 Å². The number of aryl methyl sites for hydroxylation is 1. The van der Waals surface area contributed by atoms with Gasteiger partial charge < -0.3 is 4.90 Å². The molecule has 1 amide bonds. The van der Waals surface area contributed by atoms with Crippen LogP contribution in [0.5, 0.6) is 0 Å². The van der Waals surface area contributed by atoms with Crippen molar-refractivity contribution in [2.75, 3.05) is 26.2 Å². The number of hydrogen-bond donors (Lipinski definition) is 0. The van der Waals surface area contributed by atoms with Gasteiger partial charge in [0, 0.05) is 42.9 Å². The zero-order valence-corrected chi connectivity index (χ0v) is 16.8. The van der Waals surface area contributed by atoms with Crippen molar-refractivity contribution in [3.63, 3.8) is 0 Å². The van der Waals surface area contributed by atoms with E-state index in [0.29, 0.717) is 32.6 Å². The summed E-state index contributed by atoms with van der Waals surface area (Å²) in [4.78, 5) is 15.4. The van der Waals surface area contributed by atoms with E-state index in [-0.39, 0.29) is 5.91 Å². The lowest BCUT2D eigenvalue weighted by atomic mass is 10.2. The lowest BCUT2D eigenvalue weighted by Crippen LogP contribution is -2.50. The van der Waals surface area contributed by atoms with Gasteiger partial charge in [-0.3, -0.25) is 4.79 Å². The summed E-state index contributed by atoms with van der Waals surface area (Å²) in [6.07, 6.45) is 3.87. The summed E-state index contributed by atoms with van der Waals surface area (Å²) in [7, 11) is -3.46. The Kier molecular flexibility index (Phi) is 6.82. The summed E-state index contributed by atoms with van der Waals surface area (Å²) < 4.78 is 26.4. The van der Waals surface area contributed by atoms with E-state index in [0.717, 1.165) is 18.4 Å². The second-order valence-corrected chi connectivity index (χ2v) is 9.32. The molecule has 2 heterocycles. The van der Waals surface area contributed by atoms with Gasteiger partial charge in [-0.15, -0.1) is 11.3 Å². The number of hydrogen-bond acceptors (Lipinski definition) is 4. The number of piperazine rings is 1. The van der Waals surface area contributed by atoms with Crippen LogP contribution < -0.4 is 0 Å². The van der Waals surface area contributed by atoms with Crippen molar-refractivity contribution in [2.24, 2.45) is 0 Å². The second-order valence-electron chi connectivity index (χ2n) is 6.47. The van der Waals surface area contributed by atoms with Crippen LogP contribution >= 0.6 is 11.3 Å². The zero-order chi connectivity index (χ0) is 19.1. The van der Waals surface area contributed by atoms with E-state index in [2.05, 4.69) is 6.07 Å². The number of amides is 1. The molecule has 0 spiro atoms. The van der Waals surface area contributed by atoms with Crippen LogP contribution in [0.25, 0.3) is 6.08 Å². The minimum Gasteiger partial charge on any atom is -0.340 e. The molecule has 144 valence electrons. The van der Waals surface area contributed by atoms with Crippen LogP contribution in [-0.2, 0) is 21.2 Å². The maximum atomic E-state index is 12.5. The Hall–Kier alpha value is -1.96. The summed E-state index contributed by atoms with van der Waals surface area (Å²) in [5, 5.41) is 3.30. The molecule has 0 atom stereocenters. The molecule has 3 rings (SSSR count). The molecule has 0 unspecified atom stereocenters. The lowest BCUT2D eigenvalue weighted by Gasteiger charge is -2.33. The quantitative estimate of drug-likeness (QED) is 0.712. The number of benzene rings is 1. The van der Waals surface area contributed by atoms with Crippen molar-refractivity contribution in [1.82, 2.24) is 9.21 Å². The predicted octanol–water partition coefficient (Wildman–Crippen LogP) is 3.22. The van der Waals surface area contributed by atoms with E-state index in [1.807, 2.05) is 41.8 Å². The predicted molar refractivity (Wildman–Crippen MR) is 110 cm³/mol. The van der Waals surface area contributed by atoms with Crippen molar-refractivity contribution < 1.29 is 13.2 Å². The highest BCUT2D eigenvalue weighted by molar-refractivity contribution is 7.92. The van der Waals surface area contributed by atoms with Gasteiger partial charge in [-0.1, -0.05) is 36.4 Å². The summed E-state index contributed by atoms with van der Waals surface area (Å²) in [6, 6.07) is 13.5. The van der Waals surface area contributed by atoms with Gasteiger partial charge in [-0.05, 0) is 35.9 Å². The minimum absolute atomic E-state index is 0.114. The Bertz CT molecular complexity index is 854. The van der Waals surface area contributed by atoms with E-state index in [4.69, 9.17) is 0 Å². The molecule has 5 nitrogen and oxygen atoms in total.